The van der Waals surface area contributed by atoms with E-state index in [1.165, 1.54) is 0 Å². The predicted octanol–water partition coefficient (Wildman–Crippen LogP) is 2.56. The highest BCUT2D eigenvalue weighted by molar-refractivity contribution is 7.89. The van der Waals surface area contributed by atoms with Gasteiger partial charge in [-0.05, 0) is 24.8 Å². The highest BCUT2D eigenvalue weighted by Gasteiger charge is 2.15. The van der Waals surface area contributed by atoms with Crippen molar-refractivity contribution in [1.29, 1.82) is 0 Å². The second-order valence-electron chi connectivity index (χ2n) is 4.26. The molecule has 102 valence electrons. The lowest BCUT2D eigenvalue weighted by Crippen LogP contribution is -2.36. The Bertz CT molecular complexity index is 434. The van der Waals surface area contributed by atoms with Gasteiger partial charge in [0.1, 0.15) is 0 Å². The molecule has 0 aliphatic rings. The van der Waals surface area contributed by atoms with Crippen LogP contribution in [-0.4, -0.2) is 26.1 Å². The lowest BCUT2D eigenvalue weighted by atomic mass is 10.2. The van der Waals surface area contributed by atoms with Crippen molar-refractivity contribution in [3.63, 3.8) is 0 Å². The Labute approximate surface area is 115 Å². The maximum Gasteiger partial charge on any atom is 0.212 e. The van der Waals surface area contributed by atoms with Gasteiger partial charge in [0.25, 0.3) is 0 Å². The van der Waals surface area contributed by atoms with Crippen LogP contribution >= 0.6 is 11.6 Å². The SMILES string of the molecule is CCC(CCCl)NS(=O)(=O)CCc1ccccc1. The Morgan fingerprint density at radius 1 is 1.28 bits per heavy atom. The highest BCUT2D eigenvalue weighted by Crippen LogP contribution is 2.05. The van der Waals surface area contributed by atoms with Crippen molar-refractivity contribution in [2.45, 2.75) is 32.2 Å². The average Bonchev–Trinajstić information content (AvgIpc) is 2.37. The van der Waals surface area contributed by atoms with Crippen LogP contribution in [0, 0.1) is 0 Å². The van der Waals surface area contributed by atoms with E-state index in [1.807, 2.05) is 37.3 Å². The molecular weight excluding hydrogens is 270 g/mol. The summed E-state index contributed by atoms with van der Waals surface area (Å²) in [6.07, 6.45) is 1.97. The van der Waals surface area contributed by atoms with E-state index < -0.39 is 10.0 Å². The third kappa shape index (κ3) is 5.85. The van der Waals surface area contributed by atoms with Gasteiger partial charge in [0, 0.05) is 11.9 Å². The minimum absolute atomic E-state index is 0.0525. The van der Waals surface area contributed by atoms with Gasteiger partial charge in [-0.2, -0.15) is 0 Å². The molecule has 0 amide bonds. The fraction of sp³-hybridized carbons (Fsp3) is 0.538. The molecule has 1 unspecified atom stereocenters. The Kier molecular flexibility index (Phi) is 6.68. The second-order valence-corrected chi connectivity index (χ2v) is 6.51. The number of hydrogen-bond acceptors (Lipinski definition) is 2. The fourth-order valence-corrected chi connectivity index (χ4v) is 3.37. The number of rotatable bonds is 8. The zero-order valence-electron chi connectivity index (χ0n) is 10.6. The predicted molar refractivity (Wildman–Crippen MR) is 76.5 cm³/mol. The first-order chi connectivity index (χ1) is 8.57. The van der Waals surface area contributed by atoms with Gasteiger partial charge in [0.2, 0.25) is 10.0 Å². The van der Waals surface area contributed by atoms with E-state index in [0.717, 1.165) is 12.0 Å². The van der Waals surface area contributed by atoms with Crippen LogP contribution in [0.5, 0.6) is 0 Å². The molecule has 0 bridgehead atoms. The first-order valence-electron chi connectivity index (χ1n) is 6.17. The van der Waals surface area contributed by atoms with E-state index in [4.69, 9.17) is 11.6 Å². The maximum absolute atomic E-state index is 11.9. The number of alkyl halides is 1. The molecule has 1 aromatic rings. The molecule has 5 heteroatoms. The van der Waals surface area contributed by atoms with Crippen molar-refractivity contribution in [2.75, 3.05) is 11.6 Å². The third-order valence-corrected chi connectivity index (χ3v) is 4.45. The molecule has 0 saturated heterocycles. The molecule has 0 aromatic heterocycles. The minimum Gasteiger partial charge on any atom is -0.212 e. The summed E-state index contributed by atoms with van der Waals surface area (Å²) in [6.45, 7) is 1.96. The van der Waals surface area contributed by atoms with E-state index in [2.05, 4.69) is 4.72 Å². The number of halogens is 1. The van der Waals surface area contributed by atoms with Crippen molar-refractivity contribution in [3.8, 4) is 0 Å². The fourth-order valence-electron chi connectivity index (χ4n) is 1.69. The summed E-state index contributed by atoms with van der Waals surface area (Å²) in [7, 11) is -3.22. The van der Waals surface area contributed by atoms with Crippen LogP contribution in [0.3, 0.4) is 0 Å². The van der Waals surface area contributed by atoms with E-state index in [0.29, 0.717) is 18.7 Å². The van der Waals surface area contributed by atoms with Crippen LogP contribution in [0.15, 0.2) is 30.3 Å². The van der Waals surface area contributed by atoms with Crippen molar-refractivity contribution in [1.82, 2.24) is 4.72 Å². The molecule has 0 saturated carbocycles. The summed E-state index contributed by atoms with van der Waals surface area (Å²) in [4.78, 5) is 0. The number of hydrogen-bond donors (Lipinski definition) is 1. The van der Waals surface area contributed by atoms with E-state index in [9.17, 15) is 8.42 Å². The molecule has 1 aromatic carbocycles. The van der Waals surface area contributed by atoms with Crippen molar-refractivity contribution in [2.24, 2.45) is 0 Å². The molecule has 1 atom stereocenters. The molecule has 0 aliphatic heterocycles. The van der Waals surface area contributed by atoms with E-state index in [-0.39, 0.29) is 11.8 Å². The molecular formula is C13H20ClNO2S. The molecule has 0 heterocycles. The van der Waals surface area contributed by atoms with Crippen molar-refractivity contribution in [3.05, 3.63) is 35.9 Å². The number of nitrogens with one attached hydrogen (secondary N) is 1. The first-order valence-corrected chi connectivity index (χ1v) is 8.36. The van der Waals surface area contributed by atoms with Gasteiger partial charge in [-0.3, -0.25) is 0 Å². The van der Waals surface area contributed by atoms with Gasteiger partial charge in [-0.15, -0.1) is 11.6 Å². The average molecular weight is 290 g/mol. The Balaban J connectivity index is 2.49. The van der Waals surface area contributed by atoms with Crippen molar-refractivity contribution < 1.29 is 8.42 Å². The van der Waals surface area contributed by atoms with Gasteiger partial charge in [-0.1, -0.05) is 37.3 Å². The smallest absolute Gasteiger partial charge is 0.212 e. The van der Waals surface area contributed by atoms with Gasteiger partial charge in [0.05, 0.1) is 5.75 Å². The largest absolute Gasteiger partial charge is 0.212 e. The Hall–Kier alpha value is -0.580. The highest BCUT2D eigenvalue weighted by atomic mass is 35.5. The van der Waals surface area contributed by atoms with Crippen LogP contribution < -0.4 is 4.72 Å². The molecule has 0 radical (unpaired) electrons. The van der Waals surface area contributed by atoms with Gasteiger partial charge in [-0.25, -0.2) is 13.1 Å². The van der Waals surface area contributed by atoms with Crippen LogP contribution in [0.25, 0.3) is 0 Å². The zero-order chi connectivity index (χ0) is 13.4. The molecule has 0 spiro atoms. The molecule has 1 N–H and O–H groups in total. The van der Waals surface area contributed by atoms with E-state index >= 15 is 0 Å². The molecule has 3 nitrogen and oxygen atoms in total. The Morgan fingerprint density at radius 2 is 1.94 bits per heavy atom. The van der Waals surface area contributed by atoms with Gasteiger partial charge < -0.3 is 0 Å². The van der Waals surface area contributed by atoms with Crippen LogP contribution in [0.1, 0.15) is 25.3 Å². The molecule has 0 fully saturated rings. The van der Waals surface area contributed by atoms with Crippen molar-refractivity contribution >= 4 is 21.6 Å². The summed E-state index contributed by atoms with van der Waals surface area (Å²) >= 11 is 5.64. The van der Waals surface area contributed by atoms with Crippen LogP contribution in [0.2, 0.25) is 0 Å². The summed E-state index contributed by atoms with van der Waals surface area (Å²) in [6, 6.07) is 9.57. The topological polar surface area (TPSA) is 46.2 Å². The zero-order valence-corrected chi connectivity index (χ0v) is 12.2. The number of benzene rings is 1. The van der Waals surface area contributed by atoms with Gasteiger partial charge >= 0.3 is 0 Å². The first kappa shape index (κ1) is 15.5. The second kappa shape index (κ2) is 7.77. The molecule has 18 heavy (non-hydrogen) atoms. The lowest BCUT2D eigenvalue weighted by Gasteiger charge is -2.15. The van der Waals surface area contributed by atoms with E-state index in [1.54, 1.807) is 0 Å². The summed E-state index contributed by atoms with van der Waals surface area (Å²) in [5, 5.41) is 0. The monoisotopic (exact) mass is 289 g/mol. The maximum atomic E-state index is 11.9. The summed E-state index contributed by atoms with van der Waals surface area (Å²) in [5.41, 5.74) is 1.04. The number of sulfonamides is 1. The quantitative estimate of drug-likeness (QED) is 0.748. The lowest BCUT2D eigenvalue weighted by molar-refractivity contribution is 0.531. The Morgan fingerprint density at radius 3 is 2.50 bits per heavy atom. The minimum atomic E-state index is -3.22. The third-order valence-electron chi connectivity index (χ3n) is 2.80. The standard InChI is InChI=1S/C13H20ClNO2S/c1-2-13(8-10-14)15-18(16,17)11-9-12-6-4-3-5-7-12/h3-7,13,15H,2,8-11H2,1H3. The molecule has 1 rings (SSSR count). The van der Waals surface area contributed by atoms with Crippen LogP contribution in [0.4, 0.5) is 0 Å². The van der Waals surface area contributed by atoms with Crippen LogP contribution in [-0.2, 0) is 16.4 Å². The molecule has 0 aliphatic carbocycles. The summed E-state index contributed by atoms with van der Waals surface area (Å²) < 4.78 is 26.5. The summed E-state index contributed by atoms with van der Waals surface area (Å²) in [5.74, 6) is 0.593. The number of aryl methyl sites for hydroxylation is 1. The van der Waals surface area contributed by atoms with Gasteiger partial charge in [0.15, 0.2) is 0 Å². The normalized spacial score (nSPS) is 13.4.